The molecule has 1 aromatic carbocycles. The third-order valence-electron chi connectivity index (χ3n) is 2.56. The molecule has 0 saturated carbocycles. The Morgan fingerprint density at radius 2 is 1.79 bits per heavy atom. The van der Waals surface area contributed by atoms with Crippen LogP contribution in [0.3, 0.4) is 0 Å². The molecule has 0 aliphatic heterocycles. The second-order valence-electron chi connectivity index (χ2n) is 4.50. The first-order chi connectivity index (χ1) is 8.89. The van der Waals surface area contributed by atoms with E-state index in [4.69, 9.17) is 11.8 Å². The van der Waals surface area contributed by atoms with Crippen molar-refractivity contribution in [3.8, 4) is 0 Å². The lowest BCUT2D eigenvalue weighted by atomic mass is 10.1. The molecule has 2 aromatic rings. The van der Waals surface area contributed by atoms with Crippen molar-refractivity contribution >= 4 is 20.6 Å². The molecule has 1 aromatic heterocycles. The van der Waals surface area contributed by atoms with Crippen LogP contribution in [-0.4, -0.2) is 0 Å². The molecule has 0 radical (unpaired) electrons. The number of fused-ring (bicyclic) bond motifs is 1. The molecule has 0 aliphatic carbocycles. The highest BCUT2D eigenvalue weighted by atomic mass is 32.2. The normalized spacial score (nSPS) is 12.3. The zero-order valence-corrected chi connectivity index (χ0v) is 11.5. The van der Waals surface area contributed by atoms with Gasteiger partial charge in [-0.25, -0.2) is 0 Å². The summed E-state index contributed by atoms with van der Waals surface area (Å²) in [7, 11) is -1.72. The van der Waals surface area contributed by atoms with Crippen LogP contribution in [0.1, 0.15) is 18.7 Å². The molecule has 0 spiro atoms. The summed E-state index contributed by atoms with van der Waals surface area (Å²) >= 11 is 0. The summed E-state index contributed by atoms with van der Waals surface area (Å²) in [6.07, 6.45) is 0.511. The van der Waals surface area contributed by atoms with Crippen LogP contribution in [-0.2, 0) is 11.9 Å². The molecule has 1 unspecified atom stereocenters. The summed E-state index contributed by atoms with van der Waals surface area (Å²) in [5.41, 5.74) is -4.16. The highest BCUT2D eigenvalue weighted by molar-refractivity contribution is 7.38. The fourth-order valence-corrected chi connectivity index (χ4v) is 4.13. The van der Waals surface area contributed by atoms with Crippen LogP contribution in [0.2, 0.25) is 0 Å². The van der Waals surface area contributed by atoms with Gasteiger partial charge >= 0.3 is 5.51 Å². The van der Waals surface area contributed by atoms with E-state index in [2.05, 4.69) is 0 Å². The van der Waals surface area contributed by atoms with Gasteiger partial charge in [-0.3, -0.25) is 0 Å². The zero-order chi connectivity index (χ0) is 14.6. The largest absolute Gasteiger partial charge is 0.600 e. The van der Waals surface area contributed by atoms with E-state index in [-0.39, 0.29) is 5.92 Å². The van der Waals surface area contributed by atoms with Crippen molar-refractivity contribution in [3.05, 3.63) is 41.8 Å². The number of thiophene rings is 1. The second kappa shape index (κ2) is 6.07. The minimum atomic E-state index is -4.16. The summed E-state index contributed by atoms with van der Waals surface area (Å²) in [4.78, 5) is 0.522. The number of halogens is 3. The average molecular weight is 285 g/mol. The molecule has 1 atom stereocenters. The molecule has 0 aliphatic rings. The third-order valence-corrected chi connectivity index (χ3v) is 4.64. The number of hydrogen-bond acceptors (Lipinski definition) is 1. The van der Waals surface area contributed by atoms with Gasteiger partial charge in [-0.05, 0) is 18.1 Å². The molecule has 0 N–H and O–H groups in total. The van der Waals surface area contributed by atoms with E-state index in [1.54, 1.807) is 30.3 Å². The monoisotopic (exact) mass is 285 g/mol. The SMILES string of the molecule is CC(C)Cc1cc2ccccc2[s+]1C(F)(F)F.[C-]#N. The van der Waals surface area contributed by atoms with Gasteiger partial charge in [-0.2, -0.15) is 0 Å². The van der Waals surface area contributed by atoms with Crippen molar-refractivity contribution in [2.45, 2.75) is 25.8 Å². The predicted octanol–water partition coefficient (Wildman–Crippen LogP) is 5.36. The fraction of sp³-hybridized carbons (Fsp3) is 0.357. The van der Waals surface area contributed by atoms with E-state index in [9.17, 15) is 13.2 Å². The minimum Gasteiger partial charge on any atom is -0.512 e. The van der Waals surface area contributed by atoms with Crippen LogP contribution >= 0.6 is 10.5 Å². The molecule has 0 saturated heterocycles. The van der Waals surface area contributed by atoms with Crippen molar-refractivity contribution in [2.24, 2.45) is 5.92 Å². The Kier molecular flexibility index (Phi) is 4.96. The topological polar surface area (TPSA) is 23.8 Å². The summed E-state index contributed by atoms with van der Waals surface area (Å²) in [6, 6.07) is 8.53. The molecule has 5 heteroatoms. The molecule has 1 nitrogen and oxygen atoms in total. The molecular formula is C14H14F3NS. The first kappa shape index (κ1) is 15.5. The summed E-state index contributed by atoms with van der Waals surface area (Å²) in [5.74, 6) is 0.243. The zero-order valence-electron chi connectivity index (χ0n) is 10.7. The number of benzene rings is 1. The first-order valence-corrected chi connectivity index (χ1v) is 6.95. The Morgan fingerprint density at radius 3 is 2.32 bits per heavy atom. The van der Waals surface area contributed by atoms with Crippen molar-refractivity contribution in [1.29, 1.82) is 5.26 Å². The number of hydrogen-bond donors (Lipinski definition) is 0. The van der Waals surface area contributed by atoms with Gasteiger partial charge in [-0.15, -0.1) is 13.2 Å². The Balaban J connectivity index is 0.000000861. The van der Waals surface area contributed by atoms with Crippen molar-refractivity contribution in [1.82, 2.24) is 0 Å². The van der Waals surface area contributed by atoms with E-state index < -0.39 is 16.0 Å². The lowest BCUT2D eigenvalue weighted by Gasteiger charge is -2.02. The maximum atomic E-state index is 13.1. The lowest BCUT2D eigenvalue weighted by molar-refractivity contribution is -0.0867. The van der Waals surface area contributed by atoms with Crippen LogP contribution in [0.25, 0.3) is 10.1 Å². The predicted molar refractivity (Wildman–Crippen MR) is 71.2 cm³/mol. The van der Waals surface area contributed by atoms with Gasteiger partial charge in [0.25, 0.3) is 0 Å². The van der Waals surface area contributed by atoms with E-state index in [0.29, 0.717) is 16.0 Å². The highest BCUT2D eigenvalue weighted by Crippen LogP contribution is 2.51. The molecule has 0 amide bonds. The van der Waals surface area contributed by atoms with Crippen LogP contribution in [0, 0.1) is 17.8 Å². The quantitative estimate of drug-likeness (QED) is 0.538. The van der Waals surface area contributed by atoms with E-state index in [1.165, 1.54) is 0 Å². The standard InChI is InChI=1S/C13H14F3S.CN/c1-9(2)7-11-8-10-5-3-4-6-12(10)17(11)13(14,15)16;1-2/h3-6,8-9H,7H2,1-2H3;/q+1;-1. The summed E-state index contributed by atoms with van der Waals surface area (Å²) in [6.45, 7) is 8.64. The molecule has 0 bridgehead atoms. The number of nitrogens with zero attached hydrogens (tertiary/aromatic N) is 1. The van der Waals surface area contributed by atoms with E-state index in [0.717, 1.165) is 5.39 Å². The van der Waals surface area contributed by atoms with Crippen molar-refractivity contribution < 1.29 is 13.2 Å². The maximum Gasteiger partial charge on any atom is 0.600 e. The Morgan fingerprint density at radius 1 is 1.21 bits per heavy atom. The van der Waals surface area contributed by atoms with Crippen molar-refractivity contribution in [2.75, 3.05) is 0 Å². The second-order valence-corrected chi connectivity index (χ2v) is 6.54. The van der Waals surface area contributed by atoms with E-state index >= 15 is 0 Å². The molecule has 0 fully saturated rings. The molecular weight excluding hydrogens is 271 g/mol. The van der Waals surface area contributed by atoms with Crippen LogP contribution in [0.5, 0.6) is 0 Å². The number of alkyl halides is 3. The Bertz CT molecular complexity index is 567. The van der Waals surface area contributed by atoms with Crippen LogP contribution < -0.4 is 0 Å². The third kappa shape index (κ3) is 3.48. The summed E-state index contributed by atoms with van der Waals surface area (Å²) in [5, 5.41) is 6.98. The van der Waals surface area contributed by atoms with Gasteiger partial charge in [0.05, 0.1) is 10.5 Å². The van der Waals surface area contributed by atoms with Crippen LogP contribution in [0.4, 0.5) is 13.2 Å². The van der Waals surface area contributed by atoms with Gasteiger partial charge in [0.1, 0.15) is 0 Å². The van der Waals surface area contributed by atoms with Gasteiger partial charge in [0, 0.05) is 17.9 Å². The average Bonchev–Trinajstić information content (AvgIpc) is 2.67. The maximum absolute atomic E-state index is 13.1. The highest BCUT2D eigenvalue weighted by Gasteiger charge is 2.47. The summed E-state index contributed by atoms with van der Waals surface area (Å²) < 4.78 is 39.8. The van der Waals surface area contributed by atoms with Gasteiger partial charge in [0.15, 0.2) is 9.58 Å². The Hall–Kier alpha value is -1.54. The molecule has 1 heterocycles. The van der Waals surface area contributed by atoms with Crippen LogP contribution in [0.15, 0.2) is 30.3 Å². The smallest absolute Gasteiger partial charge is 0.512 e. The lowest BCUT2D eigenvalue weighted by Crippen LogP contribution is -2.00. The molecule has 102 valence electrons. The molecule has 19 heavy (non-hydrogen) atoms. The molecule has 2 rings (SSSR count). The van der Waals surface area contributed by atoms with Gasteiger partial charge < -0.3 is 11.8 Å². The fourth-order valence-electron chi connectivity index (χ4n) is 1.98. The van der Waals surface area contributed by atoms with E-state index in [1.807, 2.05) is 13.8 Å². The van der Waals surface area contributed by atoms with Crippen molar-refractivity contribution in [3.63, 3.8) is 0 Å². The van der Waals surface area contributed by atoms with Gasteiger partial charge in [0.2, 0.25) is 0 Å². The number of rotatable bonds is 2. The first-order valence-electron chi connectivity index (χ1n) is 5.72. The van der Waals surface area contributed by atoms with Gasteiger partial charge in [-0.1, -0.05) is 26.0 Å². The Labute approximate surface area is 113 Å². The minimum absolute atomic E-state index is 0.243.